The number of rotatable bonds is 1. The topological polar surface area (TPSA) is 64.3 Å². The Kier molecular flexibility index (Phi) is 4.70. The van der Waals surface area contributed by atoms with Gasteiger partial charge in [0, 0.05) is 18.4 Å². The van der Waals surface area contributed by atoms with Crippen molar-refractivity contribution in [2.24, 2.45) is 5.41 Å². The first-order chi connectivity index (χ1) is 15.3. The molecule has 1 N–H and O–H groups in total. The van der Waals surface area contributed by atoms with E-state index in [9.17, 15) is 4.39 Å². The number of aromatic nitrogens is 4. The van der Waals surface area contributed by atoms with Gasteiger partial charge in [0.15, 0.2) is 17.4 Å². The zero-order chi connectivity index (χ0) is 22.5. The Morgan fingerprint density at radius 2 is 2.03 bits per heavy atom. The Morgan fingerprint density at radius 1 is 1.19 bits per heavy atom. The van der Waals surface area contributed by atoms with Gasteiger partial charge in [0.05, 0.1) is 27.8 Å². The van der Waals surface area contributed by atoms with Crippen LogP contribution < -0.4 is 10.1 Å². The number of para-hydroxylation sites is 1. The molecule has 0 spiro atoms. The molecule has 1 unspecified atom stereocenters. The first-order valence-electron chi connectivity index (χ1n) is 10.4. The van der Waals surface area contributed by atoms with Crippen molar-refractivity contribution in [3.8, 4) is 17.6 Å². The molecule has 2 aromatic heterocycles. The van der Waals surface area contributed by atoms with E-state index in [0.29, 0.717) is 30.0 Å². The number of hydrogen-bond acceptors (Lipinski definition) is 5. The van der Waals surface area contributed by atoms with E-state index in [1.165, 1.54) is 16.8 Å². The van der Waals surface area contributed by atoms with Gasteiger partial charge in [-0.2, -0.15) is 0 Å². The van der Waals surface area contributed by atoms with Gasteiger partial charge in [-0.05, 0) is 45.0 Å². The van der Waals surface area contributed by atoms with E-state index in [-0.39, 0.29) is 16.5 Å². The van der Waals surface area contributed by atoms with Gasteiger partial charge in [-0.15, -0.1) is 10.2 Å². The van der Waals surface area contributed by atoms with Crippen LogP contribution in [-0.2, 0) is 0 Å². The molecule has 0 radical (unpaired) electrons. The van der Waals surface area contributed by atoms with Crippen LogP contribution in [0.5, 0.6) is 5.75 Å². The molecule has 3 heterocycles. The lowest BCUT2D eigenvalue weighted by atomic mass is 9.97. The van der Waals surface area contributed by atoms with Crippen LogP contribution in [0, 0.1) is 28.9 Å². The minimum absolute atomic E-state index is 0.0593. The van der Waals surface area contributed by atoms with Crippen molar-refractivity contribution in [3.63, 3.8) is 0 Å². The molecule has 1 atom stereocenters. The molecule has 1 aliphatic rings. The maximum atomic E-state index is 15.0. The standard InChI is InChI=1S/C24H21F2N5O/c1-24(2,3)11-9-14-5-4-6-16-22(14)32-18(10-12-27-16)21-19-17(8-7-15(25)20(19)26)31-13-28-30-23(31)29-21/h4-8,13,18,27H,10,12H2,1-3H3. The van der Waals surface area contributed by atoms with Crippen LogP contribution in [0.1, 0.15) is 44.6 Å². The normalized spacial score (nSPS) is 16.0. The van der Waals surface area contributed by atoms with Crippen LogP contribution in [-0.4, -0.2) is 26.1 Å². The Morgan fingerprint density at radius 3 is 2.84 bits per heavy atom. The van der Waals surface area contributed by atoms with Crippen molar-refractivity contribution < 1.29 is 13.5 Å². The number of halogens is 2. The second-order valence-corrected chi connectivity index (χ2v) is 8.76. The number of ether oxygens (including phenoxy) is 1. The summed E-state index contributed by atoms with van der Waals surface area (Å²) >= 11 is 0. The number of fused-ring (bicyclic) bond motifs is 4. The van der Waals surface area contributed by atoms with Gasteiger partial charge in [-0.1, -0.05) is 17.9 Å². The average Bonchev–Trinajstić information content (AvgIpc) is 3.12. The smallest absolute Gasteiger partial charge is 0.255 e. The quantitative estimate of drug-likeness (QED) is 0.433. The zero-order valence-corrected chi connectivity index (χ0v) is 17.9. The number of nitrogens with one attached hydrogen (secondary N) is 1. The Bertz CT molecular complexity index is 1410. The second-order valence-electron chi connectivity index (χ2n) is 8.76. The Labute approximate surface area is 183 Å². The zero-order valence-electron chi connectivity index (χ0n) is 17.9. The highest BCUT2D eigenvalue weighted by Crippen LogP contribution is 2.38. The summed E-state index contributed by atoms with van der Waals surface area (Å²) in [6, 6.07) is 8.29. The van der Waals surface area contributed by atoms with Gasteiger partial charge in [0.25, 0.3) is 5.78 Å². The molecule has 0 amide bonds. The maximum Gasteiger partial charge on any atom is 0.255 e. The van der Waals surface area contributed by atoms with E-state index in [2.05, 4.69) is 32.3 Å². The van der Waals surface area contributed by atoms with E-state index in [0.717, 1.165) is 17.3 Å². The summed E-state index contributed by atoms with van der Waals surface area (Å²) in [6.45, 7) is 6.66. The maximum absolute atomic E-state index is 15.0. The Hall–Kier alpha value is -3.73. The van der Waals surface area contributed by atoms with Gasteiger partial charge in [-0.3, -0.25) is 4.40 Å². The van der Waals surface area contributed by atoms with Crippen LogP contribution in [0.15, 0.2) is 36.7 Å². The van der Waals surface area contributed by atoms with Crippen LogP contribution >= 0.6 is 0 Å². The fraction of sp³-hybridized carbons (Fsp3) is 0.292. The van der Waals surface area contributed by atoms with Gasteiger partial charge in [0.2, 0.25) is 0 Å². The van der Waals surface area contributed by atoms with Gasteiger partial charge in [0.1, 0.15) is 12.4 Å². The SMILES string of the molecule is CC(C)(C)C#Cc1cccc2c1OC(c1nc3nncn3c3ccc(F)c(F)c13)CCN2. The van der Waals surface area contributed by atoms with E-state index in [1.54, 1.807) is 0 Å². The minimum atomic E-state index is -0.970. The molecular formula is C24H21F2N5O. The van der Waals surface area contributed by atoms with Crippen molar-refractivity contribution in [2.45, 2.75) is 33.3 Å². The van der Waals surface area contributed by atoms with Crippen molar-refractivity contribution >= 4 is 22.4 Å². The molecule has 32 heavy (non-hydrogen) atoms. The summed E-state index contributed by atoms with van der Waals surface area (Å²) in [6.07, 6.45) is 1.28. The largest absolute Gasteiger partial charge is 0.481 e. The van der Waals surface area contributed by atoms with Crippen molar-refractivity contribution in [1.29, 1.82) is 0 Å². The lowest BCUT2D eigenvalue weighted by molar-refractivity contribution is 0.201. The van der Waals surface area contributed by atoms with E-state index in [1.807, 2.05) is 39.0 Å². The number of benzene rings is 2. The number of nitrogens with zero attached hydrogens (tertiary/aromatic N) is 4. The fourth-order valence-electron chi connectivity index (χ4n) is 3.74. The predicted molar refractivity (Wildman–Crippen MR) is 117 cm³/mol. The summed E-state index contributed by atoms with van der Waals surface area (Å²) in [5, 5.41) is 11.3. The molecule has 2 aromatic carbocycles. The third kappa shape index (κ3) is 3.50. The molecule has 6 nitrogen and oxygen atoms in total. The molecule has 0 saturated heterocycles. The first-order valence-corrected chi connectivity index (χ1v) is 10.4. The summed E-state index contributed by atoms with van der Waals surface area (Å²) in [5.74, 6) is 5.37. The Balaban J connectivity index is 1.69. The highest BCUT2D eigenvalue weighted by Gasteiger charge is 2.27. The van der Waals surface area contributed by atoms with E-state index in [4.69, 9.17) is 4.74 Å². The lowest BCUT2D eigenvalue weighted by Crippen LogP contribution is -2.14. The third-order valence-electron chi connectivity index (χ3n) is 5.21. The van der Waals surface area contributed by atoms with Crippen molar-refractivity contribution in [2.75, 3.05) is 11.9 Å². The monoisotopic (exact) mass is 433 g/mol. The molecule has 162 valence electrons. The van der Waals surface area contributed by atoms with E-state index < -0.39 is 17.7 Å². The summed E-state index contributed by atoms with van der Waals surface area (Å²) in [5.41, 5.74) is 2.04. The van der Waals surface area contributed by atoms with Crippen LogP contribution in [0.4, 0.5) is 14.5 Å². The van der Waals surface area contributed by atoms with Gasteiger partial charge >= 0.3 is 0 Å². The number of anilines is 1. The van der Waals surface area contributed by atoms with Gasteiger partial charge < -0.3 is 10.1 Å². The molecular weight excluding hydrogens is 412 g/mol. The molecule has 0 aliphatic carbocycles. The number of hydrogen-bond donors (Lipinski definition) is 1. The van der Waals surface area contributed by atoms with Crippen LogP contribution in [0.2, 0.25) is 0 Å². The minimum Gasteiger partial charge on any atom is -0.481 e. The average molecular weight is 433 g/mol. The lowest BCUT2D eigenvalue weighted by Gasteiger charge is -2.20. The van der Waals surface area contributed by atoms with Gasteiger partial charge in [-0.25, -0.2) is 13.8 Å². The first kappa shape index (κ1) is 20.2. The molecule has 0 saturated carbocycles. The highest BCUT2D eigenvalue weighted by atomic mass is 19.2. The van der Waals surface area contributed by atoms with Crippen molar-refractivity contribution in [3.05, 3.63) is 59.6 Å². The summed E-state index contributed by atoms with van der Waals surface area (Å²) in [4.78, 5) is 4.51. The molecule has 4 aromatic rings. The van der Waals surface area contributed by atoms with Crippen molar-refractivity contribution in [1.82, 2.24) is 19.6 Å². The third-order valence-corrected chi connectivity index (χ3v) is 5.21. The predicted octanol–water partition coefficient (Wildman–Crippen LogP) is 4.89. The molecule has 1 aliphatic heterocycles. The second kappa shape index (κ2) is 7.45. The molecule has 0 fully saturated rings. The summed E-state index contributed by atoms with van der Waals surface area (Å²) < 4.78 is 37.1. The fourth-order valence-corrected chi connectivity index (χ4v) is 3.74. The molecule has 0 bridgehead atoms. The molecule has 5 rings (SSSR count). The highest BCUT2D eigenvalue weighted by molar-refractivity contribution is 5.84. The van der Waals surface area contributed by atoms with Crippen LogP contribution in [0.3, 0.4) is 0 Å². The van der Waals surface area contributed by atoms with E-state index >= 15 is 4.39 Å². The molecule has 8 heteroatoms. The summed E-state index contributed by atoms with van der Waals surface area (Å²) in [7, 11) is 0. The van der Waals surface area contributed by atoms with Crippen LogP contribution in [0.25, 0.3) is 16.7 Å².